The van der Waals surface area contributed by atoms with E-state index in [2.05, 4.69) is 20.6 Å². The van der Waals surface area contributed by atoms with E-state index < -0.39 is 6.04 Å². The van der Waals surface area contributed by atoms with Gasteiger partial charge in [-0.25, -0.2) is 4.98 Å². The molecule has 0 unspecified atom stereocenters. The van der Waals surface area contributed by atoms with E-state index in [1.165, 1.54) is 0 Å². The molecule has 1 fully saturated rings. The number of H-pyrrole nitrogens is 1. The van der Waals surface area contributed by atoms with E-state index in [9.17, 15) is 9.59 Å². The third-order valence-electron chi connectivity index (χ3n) is 3.74. The van der Waals surface area contributed by atoms with Crippen LogP contribution in [0, 0.1) is 0 Å². The summed E-state index contributed by atoms with van der Waals surface area (Å²) in [7, 11) is 0. The second-order valence-electron chi connectivity index (χ2n) is 5.33. The van der Waals surface area contributed by atoms with Gasteiger partial charge >= 0.3 is 0 Å². The minimum absolute atomic E-state index is 0.104. The van der Waals surface area contributed by atoms with Gasteiger partial charge in [0.05, 0.1) is 0 Å². The van der Waals surface area contributed by atoms with Crippen molar-refractivity contribution in [2.24, 2.45) is 0 Å². The van der Waals surface area contributed by atoms with Crippen molar-refractivity contribution in [1.82, 2.24) is 20.6 Å². The Balaban J connectivity index is 1.74. The molecule has 2 aromatic rings. The first-order valence-corrected chi connectivity index (χ1v) is 7.42. The third-order valence-corrected chi connectivity index (χ3v) is 3.74. The van der Waals surface area contributed by atoms with Gasteiger partial charge in [-0.3, -0.25) is 9.59 Å². The highest BCUT2D eigenvalue weighted by Crippen LogP contribution is 2.16. The fourth-order valence-electron chi connectivity index (χ4n) is 2.55. The van der Waals surface area contributed by atoms with E-state index >= 15 is 0 Å². The molecule has 6 heteroatoms. The quantitative estimate of drug-likeness (QED) is 0.802. The number of aromatic amines is 1. The first-order chi connectivity index (χ1) is 10.7. The van der Waals surface area contributed by atoms with E-state index in [1.807, 2.05) is 6.07 Å². The van der Waals surface area contributed by atoms with Gasteiger partial charge in [-0.15, -0.1) is 0 Å². The van der Waals surface area contributed by atoms with Crippen LogP contribution in [-0.4, -0.2) is 34.4 Å². The molecule has 6 nitrogen and oxygen atoms in total. The highest BCUT2D eigenvalue weighted by Gasteiger charge is 2.22. The lowest BCUT2D eigenvalue weighted by molar-refractivity contribution is -0.122. The zero-order valence-electron chi connectivity index (χ0n) is 12.1. The number of carbonyl (C=O) groups is 2. The lowest BCUT2D eigenvalue weighted by Crippen LogP contribution is -2.45. The molecule has 114 valence electrons. The maximum absolute atomic E-state index is 12.4. The Bertz CT molecular complexity index is 667. The SMILES string of the molecule is O=C(N[C@H]1CCCCNC1=O)c1cccc(-c2ncc[nH]2)c1. The standard InChI is InChI=1S/C16H18N4O2/c21-15(20-13-6-1-2-7-19-16(13)22)12-5-3-4-11(10-12)14-17-8-9-18-14/h3-5,8-10,13H,1-2,6-7H2,(H,17,18)(H,19,22)(H,20,21)/t13-/m0/s1. The van der Waals surface area contributed by atoms with Gasteiger partial charge in [-0.1, -0.05) is 12.1 Å². The molecule has 0 spiro atoms. The zero-order valence-corrected chi connectivity index (χ0v) is 12.1. The molecular formula is C16H18N4O2. The molecule has 1 saturated heterocycles. The van der Waals surface area contributed by atoms with Crippen LogP contribution in [0.2, 0.25) is 0 Å². The van der Waals surface area contributed by atoms with Crippen LogP contribution in [0.4, 0.5) is 0 Å². The summed E-state index contributed by atoms with van der Waals surface area (Å²) < 4.78 is 0. The Hall–Kier alpha value is -2.63. The van der Waals surface area contributed by atoms with Crippen LogP contribution >= 0.6 is 0 Å². The number of nitrogens with one attached hydrogen (secondary N) is 3. The van der Waals surface area contributed by atoms with Gasteiger partial charge in [0.15, 0.2) is 0 Å². The molecule has 2 heterocycles. The molecule has 0 radical (unpaired) electrons. The predicted molar refractivity (Wildman–Crippen MR) is 82.1 cm³/mol. The van der Waals surface area contributed by atoms with Gasteiger partial charge in [0.2, 0.25) is 5.91 Å². The minimum atomic E-state index is -0.456. The van der Waals surface area contributed by atoms with Crippen molar-refractivity contribution in [3.63, 3.8) is 0 Å². The number of nitrogens with zero attached hydrogens (tertiary/aromatic N) is 1. The number of amides is 2. The minimum Gasteiger partial charge on any atom is -0.354 e. The van der Waals surface area contributed by atoms with Crippen molar-refractivity contribution < 1.29 is 9.59 Å². The summed E-state index contributed by atoms with van der Waals surface area (Å²) in [6, 6.07) is 6.73. The molecule has 0 bridgehead atoms. The molecule has 3 rings (SSSR count). The van der Waals surface area contributed by atoms with E-state index in [0.29, 0.717) is 24.4 Å². The Morgan fingerprint density at radius 2 is 2.23 bits per heavy atom. The maximum atomic E-state index is 12.4. The van der Waals surface area contributed by atoms with E-state index in [0.717, 1.165) is 18.4 Å². The number of hydrogen-bond donors (Lipinski definition) is 3. The van der Waals surface area contributed by atoms with Crippen LogP contribution < -0.4 is 10.6 Å². The molecule has 1 aliphatic rings. The number of imidazole rings is 1. The molecule has 0 aliphatic carbocycles. The third kappa shape index (κ3) is 3.16. The summed E-state index contributed by atoms with van der Waals surface area (Å²) >= 11 is 0. The van der Waals surface area contributed by atoms with Crippen LogP contribution in [0.25, 0.3) is 11.4 Å². The first-order valence-electron chi connectivity index (χ1n) is 7.42. The van der Waals surface area contributed by atoms with Gasteiger partial charge in [0.25, 0.3) is 5.91 Å². The summed E-state index contributed by atoms with van der Waals surface area (Å²) in [5.41, 5.74) is 1.36. The average Bonchev–Trinajstić information content (AvgIpc) is 3.00. The first kappa shape index (κ1) is 14.3. The Labute approximate surface area is 128 Å². The molecule has 22 heavy (non-hydrogen) atoms. The molecule has 1 atom stereocenters. The zero-order chi connectivity index (χ0) is 15.4. The molecule has 1 aromatic heterocycles. The molecular weight excluding hydrogens is 280 g/mol. The summed E-state index contributed by atoms with van der Waals surface area (Å²) in [4.78, 5) is 31.4. The van der Waals surface area contributed by atoms with Crippen molar-refractivity contribution in [2.45, 2.75) is 25.3 Å². The van der Waals surface area contributed by atoms with Crippen molar-refractivity contribution in [3.8, 4) is 11.4 Å². The lowest BCUT2D eigenvalue weighted by atomic mass is 10.1. The molecule has 1 aromatic carbocycles. The number of aromatic nitrogens is 2. The van der Waals surface area contributed by atoms with Crippen LogP contribution in [0.5, 0.6) is 0 Å². The van der Waals surface area contributed by atoms with Crippen LogP contribution in [0.3, 0.4) is 0 Å². The van der Waals surface area contributed by atoms with Crippen molar-refractivity contribution >= 4 is 11.8 Å². The van der Waals surface area contributed by atoms with E-state index in [4.69, 9.17) is 0 Å². The lowest BCUT2D eigenvalue weighted by Gasteiger charge is -2.15. The normalized spacial score (nSPS) is 18.4. The second-order valence-corrected chi connectivity index (χ2v) is 5.33. The maximum Gasteiger partial charge on any atom is 0.251 e. The Morgan fingerprint density at radius 3 is 3.05 bits per heavy atom. The Kier molecular flexibility index (Phi) is 4.18. The largest absolute Gasteiger partial charge is 0.354 e. The van der Waals surface area contributed by atoms with E-state index in [1.54, 1.807) is 30.6 Å². The molecule has 2 amide bonds. The van der Waals surface area contributed by atoms with Crippen LogP contribution in [0.1, 0.15) is 29.6 Å². The molecule has 3 N–H and O–H groups in total. The van der Waals surface area contributed by atoms with Crippen molar-refractivity contribution in [2.75, 3.05) is 6.54 Å². The highest BCUT2D eigenvalue weighted by atomic mass is 16.2. The van der Waals surface area contributed by atoms with Crippen molar-refractivity contribution in [1.29, 1.82) is 0 Å². The smallest absolute Gasteiger partial charge is 0.251 e. The fourth-order valence-corrected chi connectivity index (χ4v) is 2.55. The molecule has 0 saturated carbocycles. The van der Waals surface area contributed by atoms with Gasteiger partial charge in [-0.2, -0.15) is 0 Å². The topological polar surface area (TPSA) is 86.9 Å². The van der Waals surface area contributed by atoms with E-state index in [-0.39, 0.29) is 11.8 Å². The van der Waals surface area contributed by atoms with Gasteiger partial charge in [-0.05, 0) is 31.4 Å². The number of carbonyl (C=O) groups excluding carboxylic acids is 2. The highest BCUT2D eigenvalue weighted by molar-refractivity contribution is 5.98. The monoisotopic (exact) mass is 298 g/mol. The summed E-state index contributed by atoms with van der Waals surface area (Å²) in [6.45, 7) is 0.680. The summed E-state index contributed by atoms with van der Waals surface area (Å²) in [5.74, 6) is 0.366. The summed E-state index contributed by atoms with van der Waals surface area (Å²) in [5, 5.41) is 5.63. The number of hydrogen-bond acceptors (Lipinski definition) is 3. The average molecular weight is 298 g/mol. The second kappa shape index (κ2) is 6.43. The van der Waals surface area contributed by atoms with Gasteiger partial charge in [0.1, 0.15) is 11.9 Å². The molecule has 1 aliphatic heterocycles. The number of benzene rings is 1. The predicted octanol–water partition coefficient (Wildman–Crippen LogP) is 1.48. The van der Waals surface area contributed by atoms with Crippen molar-refractivity contribution in [3.05, 3.63) is 42.2 Å². The number of rotatable bonds is 3. The Morgan fingerprint density at radius 1 is 1.32 bits per heavy atom. The van der Waals surface area contributed by atoms with Crippen LogP contribution in [0.15, 0.2) is 36.7 Å². The van der Waals surface area contributed by atoms with Crippen LogP contribution in [-0.2, 0) is 4.79 Å². The fraction of sp³-hybridized carbons (Fsp3) is 0.312. The van der Waals surface area contributed by atoms with Gasteiger partial charge < -0.3 is 15.6 Å². The van der Waals surface area contributed by atoms with Gasteiger partial charge in [0, 0.05) is 30.1 Å². The summed E-state index contributed by atoms with van der Waals surface area (Å²) in [6.07, 6.45) is 5.95.